The van der Waals surface area contributed by atoms with Crippen LogP contribution in [-0.2, 0) is 4.84 Å². The number of anilines is 1. The van der Waals surface area contributed by atoms with Gasteiger partial charge < -0.3 is 4.90 Å². The Balaban J connectivity index is 1.35. The zero-order valence-corrected chi connectivity index (χ0v) is 16.6. The summed E-state index contributed by atoms with van der Waals surface area (Å²) in [4.78, 5) is 31.0. The minimum Gasteiger partial charge on any atom is -0.335 e. The number of carbonyl (C=O) groups is 1. The van der Waals surface area contributed by atoms with Crippen molar-refractivity contribution < 1.29 is 14.0 Å². The molecule has 154 valence electrons. The first-order valence-corrected chi connectivity index (χ1v) is 9.70. The van der Waals surface area contributed by atoms with Gasteiger partial charge in [-0.05, 0) is 32.0 Å². The molecule has 2 aliphatic heterocycles. The van der Waals surface area contributed by atoms with Crippen LogP contribution in [0.3, 0.4) is 0 Å². The van der Waals surface area contributed by atoms with Gasteiger partial charge >= 0.3 is 0 Å². The third-order valence-electron chi connectivity index (χ3n) is 5.36. The van der Waals surface area contributed by atoms with Crippen LogP contribution < -0.4 is 5.06 Å². The molecule has 2 aliphatic rings. The number of benzene rings is 1. The van der Waals surface area contributed by atoms with Crippen LogP contribution in [0, 0.1) is 25.6 Å². The molecule has 2 atom stereocenters. The first-order valence-electron chi connectivity index (χ1n) is 9.70. The number of hydrogen-bond acceptors (Lipinski definition) is 7. The fraction of sp³-hybridized carbons (Fsp3) is 0.350. The molecule has 0 N–H and O–H groups in total. The molecule has 2 saturated heterocycles. The minimum atomic E-state index is -0.599. The van der Waals surface area contributed by atoms with Crippen molar-refractivity contribution in [2.24, 2.45) is 5.92 Å². The highest BCUT2D eigenvalue weighted by molar-refractivity contribution is 5.98. The van der Waals surface area contributed by atoms with Crippen molar-refractivity contribution in [3.8, 4) is 5.69 Å². The van der Waals surface area contributed by atoms with Crippen LogP contribution in [0.5, 0.6) is 0 Å². The molecule has 10 heteroatoms. The highest BCUT2D eigenvalue weighted by Gasteiger charge is 2.45. The van der Waals surface area contributed by atoms with Gasteiger partial charge in [0.1, 0.15) is 23.2 Å². The van der Waals surface area contributed by atoms with E-state index >= 15 is 0 Å². The maximum Gasteiger partial charge on any atom is 0.259 e. The lowest BCUT2D eigenvalue weighted by Crippen LogP contribution is -2.35. The van der Waals surface area contributed by atoms with Gasteiger partial charge in [-0.2, -0.15) is 15.0 Å². The molecule has 0 aliphatic carbocycles. The van der Waals surface area contributed by atoms with Crippen molar-refractivity contribution in [2.45, 2.75) is 20.0 Å². The van der Waals surface area contributed by atoms with Gasteiger partial charge in [0.15, 0.2) is 0 Å². The van der Waals surface area contributed by atoms with Crippen LogP contribution in [0.1, 0.15) is 21.7 Å². The first kappa shape index (κ1) is 18.6. The summed E-state index contributed by atoms with van der Waals surface area (Å²) in [5.41, 5.74) is 2.01. The normalized spacial score (nSPS) is 20.6. The minimum absolute atomic E-state index is 0.0387. The predicted octanol–water partition coefficient (Wildman–Crippen LogP) is 1.71. The van der Waals surface area contributed by atoms with E-state index in [0.717, 1.165) is 11.4 Å². The van der Waals surface area contributed by atoms with Gasteiger partial charge in [0.05, 0.1) is 25.5 Å². The highest BCUT2D eigenvalue weighted by atomic mass is 19.1. The van der Waals surface area contributed by atoms with Crippen LogP contribution >= 0.6 is 0 Å². The summed E-state index contributed by atoms with van der Waals surface area (Å²) in [6.07, 6.45) is 2.78. The molecule has 3 aromatic rings. The fourth-order valence-corrected chi connectivity index (χ4v) is 4.06. The molecule has 2 fully saturated rings. The Kier molecular flexibility index (Phi) is 4.43. The number of aryl methyl sites for hydroxylation is 2. The lowest BCUT2D eigenvalue weighted by atomic mass is 10.1. The van der Waals surface area contributed by atoms with E-state index in [1.54, 1.807) is 16.0 Å². The molecule has 0 unspecified atom stereocenters. The highest BCUT2D eigenvalue weighted by Crippen LogP contribution is 2.32. The molecular weight excluding hydrogens is 389 g/mol. The van der Waals surface area contributed by atoms with Gasteiger partial charge in [0.25, 0.3) is 5.91 Å². The molecule has 0 spiro atoms. The molecule has 0 saturated carbocycles. The zero-order valence-electron chi connectivity index (χ0n) is 16.6. The van der Waals surface area contributed by atoms with E-state index in [1.165, 1.54) is 29.3 Å². The average Bonchev–Trinajstić information content (AvgIpc) is 3.43. The van der Waals surface area contributed by atoms with Crippen LogP contribution in [-0.4, -0.2) is 61.5 Å². The molecule has 1 aromatic carbocycles. The zero-order chi connectivity index (χ0) is 20.8. The topological polar surface area (TPSA) is 89.3 Å². The lowest BCUT2D eigenvalue weighted by Gasteiger charge is -2.22. The monoisotopic (exact) mass is 409 g/mol. The third-order valence-corrected chi connectivity index (χ3v) is 5.36. The summed E-state index contributed by atoms with van der Waals surface area (Å²) in [5, 5.41) is 9.76. The number of likely N-dealkylation sites (tertiary alicyclic amines) is 1. The van der Waals surface area contributed by atoms with Crippen molar-refractivity contribution in [1.29, 1.82) is 0 Å². The van der Waals surface area contributed by atoms with Crippen molar-refractivity contribution in [3.05, 3.63) is 59.4 Å². The van der Waals surface area contributed by atoms with Crippen LogP contribution in [0.4, 0.5) is 10.3 Å². The SMILES string of the molecule is Cc1cc(C)nc(N2C[C@H]3CN(C(=O)c4c(F)cccc4-n4nccn4)C[C@H]3O2)n1. The first-order chi connectivity index (χ1) is 14.5. The number of amides is 1. The Bertz CT molecular complexity index is 1070. The van der Waals surface area contributed by atoms with Gasteiger partial charge in [0.2, 0.25) is 5.95 Å². The van der Waals surface area contributed by atoms with E-state index in [9.17, 15) is 9.18 Å². The Hall–Kier alpha value is -3.40. The molecule has 0 bridgehead atoms. The van der Waals surface area contributed by atoms with Crippen LogP contribution in [0.25, 0.3) is 5.69 Å². The molecule has 9 nitrogen and oxygen atoms in total. The van der Waals surface area contributed by atoms with Gasteiger partial charge in [-0.3, -0.25) is 9.63 Å². The number of hydroxylamine groups is 1. The van der Waals surface area contributed by atoms with Crippen molar-refractivity contribution in [2.75, 3.05) is 24.7 Å². The molecule has 0 radical (unpaired) electrons. The van der Waals surface area contributed by atoms with Crippen LogP contribution in [0.15, 0.2) is 36.7 Å². The van der Waals surface area contributed by atoms with Gasteiger partial charge in [-0.15, -0.1) is 0 Å². The van der Waals surface area contributed by atoms with E-state index in [-0.39, 0.29) is 17.6 Å². The summed E-state index contributed by atoms with van der Waals surface area (Å²) >= 11 is 0. The number of rotatable bonds is 3. The van der Waals surface area contributed by atoms with Crippen LogP contribution in [0.2, 0.25) is 0 Å². The van der Waals surface area contributed by atoms with Gasteiger partial charge in [-0.1, -0.05) is 6.07 Å². The van der Waals surface area contributed by atoms with Crippen molar-refractivity contribution >= 4 is 11.9 Å². The number of aromatic nitrogens is 5. The third kappa shape index (κ3) is 3.18. The Morgan fingerprint density at radius 1 is 1.10 bits per heavy atom. The lowest BCUT2D eigenvalue weighted by molar-refractivity contribution is 0.0616. The summed E-state index contributed by atoms with van der Waals surface area (Å²) in [5.74, 6) is -0.372. The van der Waals surface area contributed by atoms with Crippen molar-refractivity contribution in [3.63, 3.8) is 0 Å². The second-order valence-corrected chi connectivity index (χ2v) is 7.58. The summed E-state index contributed by atoms with van der Waals surface area (Å²) < 4.78 is 14.6. The maximum absolute atomic E-state index is 14.6. The van der Waals surface area contributed by atoms with E-state index in [2.05, 4.69) is 20.2 Å². The largest absolute Gasteiger partial charge is 0.335 e. The van der Waals surface area contributed by atoms with Gasteiger partial charge in [-0.25, -0.2) is 19.4 Å². The summed E-state index contributed by atoms with van der Waals surface area (Å²) in [7, 11) is 0. The van der Waals surface area contributed by atoms with E-state index < -0.39 is 11.7 Å². The number of fused-ring (bicyclic) bond motifs is 1. The summed E-state index contributed by atoms with van der Waals surface area (Å²) in [6.45, 7) is 5.23. The number of nitrogens with zero attached hydrogens (tertiary/aromatic N) is 7. The smallest absolute Gasteiger partial charge is 0.259 e. The fourth-order valence-electron chi connectivity index (χ4n) is 4.06. The number of halogens is 1. The number of hydrogen-bond donors (Lipinski definition) is 0. The van der Waals surface area contributed by atoms with Crippen molar-refractivity contribution in [1.82, 2.24) is 29.9 Å². The Morgan fingerprint density at radius 3 is 2.53 bits per heavy atom. The second-order valence-electron chi connectivity index (χ2n) is 7.58. The van der Waals surface area contributed by atoms with E-state index in [0.29, 0.717) is 31.3 Å². The predicted molar refractivity (Wildman–Crippen MR) is 104 cm³/mol. The standard InChI is InChI=1S/C20H20FN7O2/c1-12-8-13(2)25-20(24-12)27-10-14-9-26(11-17(14)30-27)19(29)18-15(21)4-3-5-16(18)28-22-6-7-23-28/h3-8,14,17H,9-11H2,1-2H3/t14-,17-/m1/s1. The average molecular weight is 409 g/mol. The molecule has 1 amide bonds. The maximum atomic E-state index is 14.6. The van der Waals surface area contributed by atoms with E-state index in [1.807, 2.05) is 19.9 Å². The Morgan fingerprint density at radius 2 is 1.83 bits per heavy atom. The molecule has 30 heavy (non-hydrogen) atoms. The Labute approximate surface area is 172 Å². The molecule has 4 heterocycles. The molecular formula is C20H20FN7O2. The quantitative estimate of drug-likeness (QED) is 0.651. The van der Waals surface area contributed by atoms with E-state index in [4.69, 9.17) is 4.84 Å². The second kappa shape index (κ2) is 7.13. The molecule has 2 aromatic heterocycles. The summed E-state index contributed by atoms with van der Waals surface area (Å²) in [6, 6.07) is 6.34. The van der Waals surface area contributed by atoms with Gasteiger partial charge in [0, 0.05) is 23.9 Å². The molecule has 5 rings (SSSR count). The number of carbonyl (C=O) groups excluding carboxylic acids is 1.